The number of fused-ring (bicyclic) bond motifs is 1. The Labute approximate surface area is 162 Å². The Morgan fingerprint density at radius 1 is 1.14 bits per heavy atom. The van der Waals surface area contributed by atoms with Crippen LogP contribution >= 0.6 is 0 Å². The van der Waals surface area contributed by atoms with E-state index in [0.29, 0.717) is 11.2 Å². The summed E-state index contributed by atoms with van der Waals surface area (Å²) in [6.07, 6.45) is -0.489. The number of hydrogen-bond acceptors (Lipinski definition) is 5. The Kier molecular flexibility index (Phi) is 4.45. The van der Waals surface area contributed by atoms with Gasteiger partial charge in [-0.2, -0.15) is 22.8 Å². The third-order valence-corrected chi connectivity index (χ3v) is 4.22. The fraction of sp³-hybridized carbons (Fsp3) is 0.105. The first-order chi connectivity index (χ1) is 13.8. The van der Waals surface area contributed by atoms with Crippen molar-refractivity contribution >= 4 is 17.4 Å². The molecule has 0 spiro atoms. The fourth-order valence-electron chi connectivity index (χ4n) is 2.90. The molecular formula is C19H13F3N6O. The molecule has 10 heteroatoms. The zero-order chi connectivity index (χ0) is 20.6. The van der Waals surface area contributed by atoms with Gasteiger partial charge in [-0.05, 0) is 30.7 Å². The molecule has 0 fully saturated rings. The number of benzene rings is 1. The van der Waals surface area contributed by atoms with Crippen molar-refractivity contribution in [2.24, 2.45) is 0 Å². The monoisotopic (exact) mass is 398 g/mol. The van der Waals surface area contributed by atoms with Crippen LogP contribution in [0, 0.1) is 6.92 Å². The molecular weight excluding hydrogens is 385 g/mol. The average molecular weight is 398 g/mol. The van der Waals surface area contributed by atoms with Crippen molar-refractivity contribution in [1.29, 1.82) is 0 Å². The minimum absolute atomic E-state index is 0.0632. The van der Waals surface area contributed by atoms with Gasteiger partial charge >= 0.3 is 6.18 Å². The molecule has 0 atom stereocenters. The molecule has 0 saturated carbocycles. The molecule has 0 unspecified atom stereocenters. The van der Waals surface area contributed by atoms with Crippen molar-refractivity contribution in [2.75, 3.05) is 5.32 Å². The number of alkyl halides is 3. The van der Waals surface area contributed by atoms with Crippen LogP contribution in [0.3, 0.4) is 0 Å². The zero-order valence-corrected chi connectivity index (χ0v) is 15.0. The van der Waals surface area contributed by atoms with Gasteiger partial charge in [-0.1, -0.05) is 18.2 Å². The smallest absolute Gasteiger partial charge is 0.304 e. The van der Waals surface area contributed by atoms with E-state index in [4.69, 9.17) is 0 Å². The molecule has 0 radical (unpaired) electrons. The molecule has 4 aromatic rings. The van der Waals surface area contributed by atoms with Gasteiger partial charge in [0, 0.05) is 11.8 Å². The molecule has 3 heterocycles. The van der Waals surface area contributed by atoms with Gasteiger partial charge in [0.15, 0.2) is 11.5 Å². The molecule has 29 heavy (non-hydrogen) atoms. The molecule has 146 valence electrons. The van der Waals surface area contributed by atoms with E-state index in [1.165, 1.54) is 53.6 Å². The molecule has 0 aliphatic heterocycles. The van der Waals surface area contributed by atoms with Crippen molar-refractivity contribution in [3.63, 3.8) is 0 Å². The number of hydrogen-bond donors (Lipinski definition) is 1. The van der Waals surface area contributed by atoms with E-state index in [0.717, 1.165) is 6.07 Å². The number of aryl methyl sites for hydroxylation is 1. The number of carbonyl (C=O) groups is 1. The molecule has 3 aromatic heterocycles. The molecule has 7 nitrogen and oxygen atoms in total. The van der Waals surface area contributed by atoms with E-state index in [-0.39, 0.29) is 22.8 Å². The van der Waals surface area contributed by atoms with Crippen molar-refractivity contribution in [2.45, 2.75) is 13.1 Å². The molecule has 0 aliphatic rings. The van der Waals surface area contributed by atoms with Gasteiger partial charge in [0.1, 0.15) is 12.0 Å². The van der Waals surface area contributed by atoms with Gasteiger partial charge in [-0.25, -0.2) is 15.0 Å². The summed E-state index contributed by atoms with van der Waals surface area (Å²) in [5.41, 5.74) is 0.402. The predicted octanol–water partition coefficient (Wildman–Crippen LogP) is 3.77. The summed E-state index contributed by atoms with van der Waals surface area (Å²) in [5.74, 6) is -0.312. The topological polar surface area (TPSA) is 85.1 Å². The van der Waals surface area contributed by atoms with E-state index >= 15 is 0 Å². The number of rotatable bonds is 3. The lowest BCUT2D eigenvalue weighted by Crippen LogP contribution is -2.16. The Hall–Kier alpha value is -3.82. The van der Waals surface area contributed by atoms with Crippen LogP contribution in [0.25, 0.3) is 16.9 Å². The van der Waals surface area contributed by atoms with Gasteiger partial charge in [0.2, 0.25) is 0 Å². The summed E-state index contributed by atoms with van der Waals surface area (Å²) in [5, 5.41) is 6.91. The van der Waals surface area contributed by atoms with Crippen molar-refractivity contribution in [1.82, 2.24) is 24.6 Å². The highest BCUT2D eigenvalue weighted by Gasteiger charge is 2.34. The molecule has 0 bridgehead atoms. The van der Waals surface area contributed by atoms with E-state index in [1.807, 2.05) is 0 Å². The van der Waals surface area contributed by atoms with Gasteiger partial charge in [-0.3, -0.25) is 4.79 Å². The van der Waals surface area contributed by atoms with E-state index in [1.54, 1.807) is 6.92 Å². The molecule has 0 saturated heterocycles. The fourth-order valence-corrected chi connectivity index (χ4v) is 2.90. The Morgan fingerprint density at radius 2 is 1.93 bits per heavy atom. The number of amides is 1. The van der Waals surface area contributed by atoms with Crippen molar-refractivity contribution < 1.29 is 18.0 Å². The van der Waals surface area contributed by atoms with Crippen LogP contribution in [0.2, 0.25) is 0 Å². The third-order valence-electron chi connectivity index (χ3n) is 4.22. The highest BCUT2D eigenvalue weighted by molar-refractivity contribution is 6.02. The van der Waals surface area contributed by atoms with Crippen LogP contribution in [-0.4, -0.2) is 30.5 Å². The number of imidazole rings is 1. The number of nitrogens with zero attached hydrogens (tertiary/aromatic N) is 5. The van der Waals surface area contributed by atoms with Crippen LogP contribution in [0.15, 0.2) is 55.1 Å². The molecule has 1 N–H and O–H groups in total. The average Bonchev–Trinajstić information content (AvgIpc) is 3.11. The molecule has 4 rings (SSSR count). The number of anilines is 1. The minimum Gasteiger partial charge on any atom is -0.304 e. The number of aromatic nitrogens is 5. The summed E-state index contributed by atoms with van der Waals surface area (Å²) in [7, 11) is 0. The lowest BCUT2D eigenvalue weighted by Gasteiger charge is -2.13. The molecule has 0 aliphatic carbocycles. The van der Waals surface area contributed by atoms with Gasteiger partial charge in [-0.15, -0.1) is 0 Å². The lowest BCUT2D eigenvalue weighted by atomic mass is 10.0. The molecule has 1 amide bonds. The first-order valence-electron chi connectivity index (χ1n) is 8.44. The standard InChI is InChI=1S/C19H13F3N6O/c1-11-8-15(12-4-2-3-5-13(12)19(20,21)22)27-28-16(9-24-17(11)28)26-18(29)14-6-7-23-10-25-14/h2-10H,1H3,(H,26,29). The van der Waals surface area contributed by atoms with Crippen LogP contribution < -0.4 is 5.32 Å². The highest BCUT2D eigenvalue weighted by Crippen LogP contribution is 2.36. The summed E-state index contributed by atoms with van der Waals surface area (Å²) in [4.78, 5) is 24.2. The van der Waals surface area contributed by atoms with Crippen LogP contribution in [0.1, 0.15) is 21.6 Å². The van der Waals surface area contributed by atoms with E-state index in [2.05, 4.69) is 25.4 Å². The maximum atomic E-state index is 13.4. The highest BCUT2D eigenvalue weighted by atomic mass is 19.4. The summed E-state index contributed by atoms with van der Waals surface area (Å²) in [6, 6.07) is 8.15. The largest absolute Gasteiger partial charge is 0.417 e. The number of nitrogens with one attached hydrogen (secondary N) is 1. The van der Waals surface area contributed by atoms with Crippen molar-refractivity contribution in [3.05, 3.63) is 71.9 Å². The molecule has 1 aromatic carbocycles. The predicted molar refractivity (Wildman–Crippen MR) is 98.1 cm³/mol. The maximum Gasteiger partial charge on any atom is 0.417 e. The second kappa shape index (κ2) is 6.97. The first-order valence-corrected chi connectivity index (χ1v) is 8.44. The number of carbonyl (C=O) groups excluding carboxylic acids is 1. The Morgan fingerprint density at radius 3 is 2.66 bits per heavy atom. The van der Waals surface area contributed by atoms with E-state index in [9.17, 15) is 18.0 Å². The summed E-state index contributed by atoms with van der Waals surface area (Å²) < 4.78 is 41.5. The Balaban J connectivity index is 1.80. The first kappa shape index (κ1) is 18.5. The van der Waals surface area contributed by atoms with E-state index < -0.39 is 17.6 Å². The summed E-state index contributed by atoms with van der Waals surface area (Å²) >= 11 is 0. The van der Waals surface area contributed by atoms with Gasteiger partial charge < -0.3 is 5.32 Å². The summed E-state index contributed by atoms with van der Waals surface area (Å²) in [6.45, 7) is 1.71. The maximum absolute atomic E-state index is 13.4. The Bertz CT molecular complexity index is 1200. The van der Waals surface area contributed by atoms with Crippen LogP contribution in [0.4, 0.5) is 19.0 Å². The third kappa shape index (κ3) is 3.51. The second-order valence-corrected chi connectivity index (χ2v) is 6.18. The number of halogens is 3. The van der Waals surface area contributed by atoms with Crippen LogP contribution in [-0.2, 0) is 6.18 Å². The van der Waals surface area contributed by atoms with Crippen molar-refractivity contribution in [3.8, 4) is 11.3 Å². The SMILES string of the molecule is Cc1cc(-c2ccccc2C(F)(F)F)nn2c(NC(=O)c3ccncn3)cnc12. The lowest BCUT2D eigenvalue weighted by molar-refractivity contribution is -0.137. The zero-order valence-electron chi connectivity index (χ0n) is 15.0. The van der Waals surface area contributed by atoms with Gasteiger partial charge in [0.25, 0.3) is 5.91 Å². The van der Waals surface area contributed by atoms with Gasteiger partial charge in [0.05, 0.1) is 17.5 Å². The normalized spacial score (nSPS) is 11.6. The van der Waals surface area contributed by atoms with Crippen LogP contribution in [0.5, 0.6) is 0 Å². The quantitative estimate of drug-likeness (QED) is 0.568. The second-order valence-electron chi connectivity index (χ2n) is 6.18. The minimum atomic E-state index is -4.53.